The van der Waals surface area contributed by atoms with Gasteiger partial charge in [0.05, 0.1) is 11.6 Å². The van der Waals surface area contributed by atoms with E-state index < -0.39 is 0 Å². The van der Waals surface area contributed by atoms with Crippen LogP contribution in [-0.2, 0) is 16.1 Å². The molecule has 0 radical (unpaired) electrons. The summed E-state index contributed by atoms with van der Waals surface area (Å²) < 4.78 is 5.60. The number of allylic oxidation sites excluding steroid dienone is 2. The number of aliphatic hydroxyl groups is 1. The second-order valence-electron chi connectivity index (χ2n) is 4.45. The molecule has 100 valence electrons. The zero-order chi connectivity index (χ0) is 13.7. The minimum Gasteiger partial charge on any atom is -0.483 e. The number of rotatable bonds is 5. The summed E-state index contributed by atoms with van der Waals surface area (Å²) in [5, 5.41) is 8.93. The lowest BCUT2D eigenvalue weighted by Gasteiger charge is -2.19. The molecule has 0 fully saturated rings. The number of benzene rings is 1. The first kappa shape index (κ1) is 13.5. The van der Waals surface area contributed by atoms with Crippen molar-refractivity contribution < 1.29 is 14.6 Å². The highest BCUT2D eigenvalue weighted by Crippen LogP contribution is 2.21. The van der Waals surface area contributed by atoms with Gasteiger partial charge in [0.2, 0.25) is 5.78 Å². The van der Waals surface area contributed by atoms with E-state index in [4.69, 9.17) is 9.84 Å². The Morgan fingerprint density at radius 1 is 1.32 bits per heavy atom. The summed E-state index contributed by atoms with van der Waals surface area (Å²) in [4.78, 5) is 16.3. The van der Waals surface area contributed by atoms with Gasteiger partial charge in [0, 0.05) is 12.8 Å². The fourth-order valence-corrected chi connectivity index (χ4v) is 1.92. The normalized spacial score (nSPS) is 18.8. The number of nitrogens with zero attached hydrogens (tertiary/aromatic N) is 1. The van der Waals surface area contributed by atoms with Gasteiger partial charge in [-0.3, -0.25) is 9.79 Å². The zero-order valence-electron chi connectivity index (χ0n) is 10.9. The molecule has 0 spiro atoms. The number of carbonyl (C=O) groups excluding carboxylic acids is 1. The highest BCUT2D eigenvalue weighted by molar-refractivity contribution is 6.06. The Morgan fingerprint density at radius 2 is 2.05 bits per heavy atom. The highest BCUT2D eigenvalue weighted by atomic mass is 16.5. The minimum absolute atomic E-state index is 0.0343. The molecule has 1 heterocycles. The number of aliphatic imine (C=N–C) groups is 1. The molecular weight excluding hydrogens is 242 g/mol. The Labute approximate surface area is 112 Å². The van der Waals surface area contributed by atoms with Gasteiger partial charge in [-0.2, -0.15) is 0 Å². The van der Waals surface area contributed by atoms with E-state index in [2.05, 4.69) is 4.99 Å². The maximum Gasteiger partial charge on any atom is 0.207 e. The lowest BCUT2D eigenvalue weighted by Crippen LogP contribution is -2.24. The SMILES string of the molecule is CC1=C(OCc2ccccc2)C(=O)C(CCO)C=N1. The van der Waals surface area contributed by atoms with Crippen LogP contribution in [0.4, 0.5) is 0 Å². The summed E-state index contributed by atoms with van der Waals surface area (Å²) in [6, 6.07) is 9.67. The van der Waals surface area contributed by atoms with Gasteiger partial charge in [0.1, 0.15) is 6.61 Å². The van der Waals surface area contributed by atoms with Gasteiger partial charge < -0.3 is 9.84 Å². The molecule has 1 aliphatic heterocycles. The number of hydrogen-bond acceptors (Lipinski definition) is 4. The van der Waals surface area contributed by atoms with E-state index in [1.165, 1.54) is 0 Å². The fraction of sp³-hybridized carbons (Fsp3) is 0.333. The molecule has 0 aromatic heterocycles. The van der Waals surface area contributed by atoms with Gasteiger partial charge in [-0.25, -0.2) is 0 Å². The summed E-state index contributed by atoms with van der Waals surface area (Å²) in [5.41, 5.74) is 1.60. The number of hydrogen-bond donors (Lipinski definition) is 1. The van der Waals surface area contributed by atoms with E-state index in [0.29, 0.717) is 24.5 Å². The molecule has 0 saturated heterocycles. The van der Waals surface area contributed by atoms with E-state index in [-0.39, 0.29) is 18.3 Å². The van der Waals surface area contributed by atoms with Crippen molar-refractivity contribution in [3.8, 4) is 0 Å². The molecule has 1 aromatic carbocycles. The van der Waals surface area contributed by atoms with Crippen molar-refractivity contribution in [3.63, 3.8) is 0 Å². The third-order valence-corrected chi connectivity index (χ3v) is 3.00. The van der Waals surface area contributed by atoms with Crippen LogP contribution in [0.3, 0.4) is 0 Å². The van der Waals surface area contributed by atoms with Crippen molar-refractivity contribution in [1.29, 1.82) is 0 Å². The van der Waals surface area contributed by atoms with Crippen LogP contribution < -0.4 is 0 Å². The molecule has 1 atom stereocenters. The van der Waals surface area contributed by atoms with E-state index in [1.807, 2.05) is 30.3 Å². The maximum atomic E-state index is 12.2. The van der Waals surface area contributed by atoms with Crippen LogP contribution in [0.25, 0.3) is 0 Å². The van der Waals surface area contributed by atoms with Crippen LogP contribution in [0, 0.1) is 5.92 Å². The standard InChI is InChI=1S/C15H17NO3/c1-11-15(14(18)13(7-8-17)9-16-11)19-10-12-5-3-2-4-6-12/h2-6,9,13,17H,7-8,10H2,1H3. The van der Waals surface area contributed by atoms with Gasteiger partial charge in [-0.15, -0.1) is 0 Å². The molecule has 0 aliphatic carbocycles. The third-order valence-electron chi connectivity index (χ3n) is 3.00. The lowest BCUT2D eigenvalue weighted by molar-refractivity contribution is -0.121. The van der Waals surface area contributed by atoms with Crippen LogP contribution in [0.1, 0.15) is 18.9 Å². The minimum atomic E-state index is -0.375. The zero-order valence-corrected chi connectivity index (χ0v) is 10.9. The Morgan fingerprint density at radius 3 is 2.74 bits per heavy atom. The van der Waals surface area contributed by atoms with Gasteiger partial charge in [0.25, 0.3) is 0 Å². The summed E-state index contributed by atoms with van der Waals surface area (Å²) in [6.07, 6.45) is 1.97. The van der Waals surface area contributed by atoms with E-state index >= 15 is 0 Å². The number of ketones is 1. The fourth-order valence-electron chi connectivity index (χ4n) is 1.92. The second kappa shape index (κ2) is 6.29. The van der Waals surface area contributed by atoms with Gasteiger partial charge in [-0.05, 0) is 18.9 Å². The average molecular weight is 259 g/mol. The summed E-state index contributed by atoms with van der Waals surface area (Å²) in [7, 11) is 0. The summed E-state index contributed by atoms with van der Waals surface area (Å²) >= 11 is 0. The molecule has 0 saturated carbocycles. The molecular formula is C15H17NO3. The topological polar surface area (TPSA) is 58.9 Å². The molecule has 19 heavy (non-hydrogen) atoms. The van der Waals surface area contributed by atoms with Crippen LogP contribution in [0.15, 0.2) is 46.8 Å². The Balaban J connectivity index is 2.05. The highest BCUT2D eigenvalue weighted by Gasteiger charge is 2.26. The molecule has 4 heteroatoms. The monoisotopic (exact) mass is 259 g/mol. The van der Waals surface area contributed by atoms with Crippen molar-refractivity contribution >= 4 is 12.0 Å². The van der Waals surface area contributed by atoms with Gasteiger partial charge in [0.15, 0.2) is 5.76 Å². The molecule has 2 rings (SSSR count). The lowest BCUT2D eigenvalue weighted by atomic mass is 9.97. The quantitative estimate of drug-likeness (QED) is 0.880. The third kappa shape index (κ3) is 3.29. The molecule has 1 aliphatic rings. The van der Waals surface area contributed by atoms with E-state index in [9.17, 15) is 4.79 Å². The smallest absolute Gasteiger partial charge is 0.207 e. The van der Waals surface area contributed by atoms with Crippen LogP contribution in [0.5, 0.6) is 0 Å². The van der Waals surface area contributed by atoms with Crippen molar-refractivity contribution in [2.75, 3.05) is 6.61 Å². The first-order chi connectivity index (χ1) is 9.22. The summed E-state index contributed by atoms with van der Waals surface area (Å²) in [6.45, 7) is 2.07. The van der Waals surface area contributed by atoms with Crippen molar-refractivity contribution in [3.05, 3.63) is 47.4 Å². The first-order valence-electron chi connectivity index (χ1n) is 6.29. The number of ether oxygens (including phenoxy) is 1. The molecule has 0 amide bonds. The van der Waals surface area contributed by atoms with Gasteiger partial charge in [-0.1, -0.05) is 30.3 Å². The molecule has 0 bridgehead atoms. The second-order valence-corrected chi connectivity index (χ2v) is 4.45. The van der Waals surface area contributed by atoms with Crippen molar-refractivity contribution in [2.24, 2.45) is 10.9 Å². The predicted octanol–water partition coefficient (Wildman–Crippen LogP) is 2.09. The Hall–Kier alpha value is -1.94. The molecule has 4 nitrogen and oxygen atoms in total. The first-order valence-corrected chi connectivity index (χ1v) is 6.29. The van der Waals surface area contributed by atoms with Crippen molar-refractivity contribution in [1.82, 2.24) is 0 Å². The number of carbonyl (C=O) groups is 1. The molecule has 1 aromatic rings. The number of Topliss-reactive ketones (excluding diaryl/α,β-unsaturated/α-hetero) is 1. The van der Waals surface area contributed by atoms with Crippen LogP contribution in [-0.4, -0.2) is 23.7 Å². The van der Waals surface area contributed by atoms with Crippen LogP contribution >= 0.6 is 0 Å². The van der Waals surface area contributed by atoms with E-state index in [1.54, 1.807) is 13.1 Å². The number of aliphatic hydroxyl groups excluding tert-OH is 1. The molecule has 1 N–H and O–H groups in total. The largest absolute Gasteiger partial charge is 0.483 e. The Bertz CT molecular complexity index is 505. The summed E-state index contributed by atoms with van der Waals surface area (Å²) in [5.74, 6) is -0.165. The van der Waals surface area contributed by atoms with Crippen LogP contribution in [0.2, 0.25) is 0 Å². The predicted molar refractivity (Wildman–Crippen MR) is 72.6 cm³/mol. The average Bonchev–Trinajstić information content (AvgIpc) is 2.43. The van der Waals surface area contributed by atoms with E-state index in [0.717, 1.165) is 5.56 Å². The molecule has 1 unspecified atom stereocenters. The Kier molecular flexibility index (Phi) is 4.47. The van der Waals surface area contributed by atoms with Crippen molar-refractivity contribution in [2.45, 2.75) is 20.0 Å². The maximum absolute atomic E-state index is 12.2. The van der Waals surface area contributed by atoms with Gasteiger partial charge >= 0.3 is 0 Å².